The molecule has 7 N–H and O–H groups in total. The Balaban J connectivity index is 1.66. The molecule has 280 valence electrons. The summed E-state index contributed by atoms with van der Waals surface area (Å²) in [5.41, 5.74) is -1.02. The average Bonchev–Trinajstić information content (AvgIpc) is 3.39. The number of esters is 2. The number of carbonyl (C=O) groups is 5. The van der Waals surface area contributed by atoms with Crippen LogP contribution in [0.25, 0.3) is 0 Å². The van der Waals surface area contributed by atoms with Crippen LogP contribution in [-0.4, -0.2) is 110 Å². The lowest BCUT2D eigenvalue weighted by molar-refractivity contribution is -0.167. The fourth-order valence-corrected chi connectivity index (χ4v) is 5.23. The number of alkyl carbamates (subject to hydrolysis) is 1. The van der Waals surface area contributed by atoms with Gasteiger partial charge in [-0.3, -0.25) is 33.5 Å². The summed E-state index contributed by atoms with van der Waals surface area (Å²) >= 11 is 0. The maximum absolute atomic E-state index is 13.0. The number of benzene rings is 1. The number of aliphatic carboxylic acids is 1. The van der Waals surface area contributed by atoms with Crippen LogP contribution in [0.3, 0.4) is 0 Å². The Kier molecular flexibility index (Phi) is 14.8. The van der Waals surface area contributed by atoms with E-state index in [0.29, 0.717) is 5.56 Å². The highest BCUT2D eigenvalue weighted by atomic mass is 16.6. The zero-order valence-corrected chi connectivity index (χ0v) is 28.3. The first kappa shape index (κ1) is 40.3. The fourth-order valence-electron chi connectivity index (χ4n) is 5.23. The van der Waals surface area contributed by atoms with Crippen molar-refractivity contribution in [2.75, 3.05) is 13.1 Å². The second-order valence-corrected chi connectivity index (χ2v) is 12.0. The van der Waals surface area contributed by atoms with Crippen LogP contribution in [0.4, 0.5) is 4.79 Å². The van der Waals surface area contributed by atoms with Gasteiger partial charge in [0.25, 0.3) is 5.56 Å². The quantitative estimate of drug-likeness (QED) is 0.0558. The van der Waals surface area contributed by atoms with Gasteiger partial charge in [-0.15, -0.1) is 0 Å². The first-order valence-corrected chi connectivity index (χ1v) is 16.0. The van der Waals surface area contributed by atoms with Crippen molar-refractivity contribution in [1.29, 1.82) is 0 Å². The molecule has 1 aliphatic rings. The Morgan fingerprint density at radius 3 is 2.18 bits per heavy atom. The topological polar surface area (TPSA) is 274 Å². The Morgan fingerprint density at radius 1 is 0.941 bits per heavy atom. The van der Waals surface area contributed by atoms with Crippen LogP contribution in [0.2, 0.25) is 0 Å². The molecule has 0 radical (unpaired) electrons. The first-order valence-electron chi connectivity index (χ1n) is 16.0. The number of aliphatic hydroxyl groups is 2. The van der Waals surface area contributed by atoms with E-state index >= 15 is 0 Å². The number of aromatic amines is 1. The molecule has 19 heteroatoms. The molecule has 8 atom stereocenters. The van der Waals surface area contributed by atoms with E-state index < -0.39 is 95.9 Å². The summed E-state index contributed by atoms with van der Waals surface area (Å²) in [6, 6.07) is 6.65. The highest BCUT2D eigenvalue weighted by molar-refractivity contribution is 5.86. The van der Waals surface area contributed by atoms with Crippen molar-refractivity contribution < 1.29 is 58.2 Å². The van der Waals surface area contributed by atoms with E-state index in [9.17, 15) is 48.9 Å². The van der Waals surface area contributed by atoms with Crippen molar-refractivity contribution >= 4 is 29.9 Å². The van der Waals surface area contributed by atoms with Crippen molar-refractivity contribution in [1.82, 2.24) is 25.5 Å². The molecule has 0 spiro atoms. The SMILES string of the molecule is CC(=O)O[C@H]1[C@@H](OC(C)=O)[C@H](n2ccc(=O)[nH]c2=O)O[C@@H]1[C@H](O)C(NCCCNC(=O)[C@@H](NC(=O)OCc1ccccc1)[C@@H](O)C(C)C)C(=O)O. The monoisotopic (exact) mass is 721 g/mol. The lowest BCUT2D eigenvalue weighted by Crippen LogP contribution is -2.56. The molecule has 1 fully saturated rings. The molecule has 51 heavy (non-hydrogen) atoms. The van der Waals surface area contributed by atoms with Crippen molar-refractivity contribution in [2.45, 2.75) is 89.6 Å². The molecule has 2 amide bonds. The zero-order valence-electron chi connectivity index (χ0n) is 28.3. The summed E-state index contributed by atoms with van der Waals surface area (Å²) in [5, 5.41) is 39.4. The number of ether oxygens (including phenoxy) is 4. The van der Waals surface area contributed by atoms with Gasteiger partial charge in [0.1, 0.15) is 30.9 Å². The molecule has 2 heterocycles. The smallest absolute Gasteiger partial charge is 0.408 e. The van der Waals surface area contributed by atoms with Crippen LogP contribution >= 0.6 is 0 Å². The molecule has 1 aromatic heterocycles. The molecule has 2 aromatic rings. The van der Waals surface area contributed by atoms with E-state index in [1.54, 1.807) is 44.2 Å². The van der Waals surface area contributed by atoms with Crippen LogP contribution in [0.1, 0.15) is 45.9 Å². The lowest BCUT2D eigenvalue weighted by Gasteiger charge is -2.29. The van der Waals surface area contributed by atoms with Crippen LogP contribution in [-0.2, 0) is 44.7 Å². The van der Waals surface area contributed by atoms with Gasteiger partial charge in [0.15, 0.2) is 18.4 Å². The van der Waals surface area contributed by atoms with E-state index in [2.05, 4.69) is 16.0 Å². The molecule has 0 saturated carbocycles. The standard InChI is InChI=1S/C32H43N5O14/c1-16(2)23(41)21(36-32(47)48-15-19-9-6-5-7-10-19)28(43)34-13-8-12-33-22(30(44)45)24(42)25-26(49-17(3)38)27(50-18(4)39)29(51-25)37-14-11-20(40)35-31(37)46/h5-7,9-11,14,16,21-27,29,33,41-42H,8,12-13,15H2,1-4H3,(H,34,43)(H,36,47)(H,44,45)(H,35,40,46)/t21-,22?,23-,24+,25+,26+,27+,29+/m0/s1. The molecule has 19 nitrogen and oxygen atoms in total. The second-order valence-electron chi connectivity index (χ2n) is 12.0. The first-order chi connectivity index (χ1) is 24.1. The number of H-pyrrole nitrogens is 1. The lowest BCUT2D eigenvalue weighted by atomic mass is 9.98. The Morgan fingerprint density at radius 2 is 1.59 bits per heavy atom. The van der Waals surface area contributed by atoms with Gasteiger partial charge in [0, 0.05) is 32.7 Å². The number of nitrogens with zero attached hydrogens (tertiary/aromatic N) is 1. The highest BCUT2D eigenvalue weighted by Gasteiger charge is 2.55. The van der Waals surface area contributed by atoms with Gasteiger partial charge in [-0.05, 0) is 24.4 Å². The van der Waals surface area contributed by atoms with Gasteiger partial charge in [0.2, 0.25) is 5.91 Å². The number of rotatable bonds is 17. The van der Waals surface area contributed by atoms with Gasteiger partial charge in [-0.25, -0.2) is 9.59 Å². The minimum Gasteiger partial charge on any atom is -0.480 e. The Bertz CT molecular complexity index is 1630. The number of aliphatic hydroxyl groups excluding tert-OH is 2. The summed E-state index contributed by atoms with van der Waals surface area (Å²) in [4.78, 5) is 87.8. The van der Waals surface area contributed by atoms with Crippen molar-refractivity contribution in [3.8, 4) is 0 Å². The fraction of sp³-hybridized carbons (Fsp3) is 0.531. The number of nitrogens with one attached hydrogen (secondary N) is 4. The minimum absolute atomic E-state index is 0.0575. The van der Waals surface area contributed by atoms with E-state index in [-0.39, 0.29) is 26.1 Å². The number of aromatic nitrogens is 2. The largest absolute Gasteiger partial charge is 0.480 e. The number of carbonyl (C=O) groups excluding carboxylic acids is 4. The molecule has 1 unspecified atom stereocenters. The third kappa shape index (κ3) is 11.5. The Labute approximate surface area is 291 Å². The molecule has 1 aromatic carbocycles. The van der Waals surface area contributed by atoms with Gasteiger partial charge < -0.3 is 50.2 Å². The Hall–Kier alpha value is -5.11. The number of hydrogen-bond acceptors (Lipinski definition) is 14. The van der Waals surface area contributed by atoms with E-state index in [4.69, 9.17) is 18.9 Å². The van der Waals surface area contributed by atoms with E-state index in [0.717, 1.165) is 30.7 Å². The van der Waals surface area contributed by atoms with Crippen LogP contribution in [0.15, 0.2) is 52.2 Å². The molecule has 1 aliphatic heterocycles. The van der Waals surface area contributed by atoms with Gasteiger partial charge in [-0.2, -0.15) is 0 Å². The summed E-state index contributed by atoms with van der Waals surface area (Å²) in [6.07, 6.45) is -9.41. The molecular formula is C32H43N5O14. The number of carboxylic acids is 1. The van der Waals surface area contributed by atoms with E-state index in [1.165, 1.54) is 0 Å². The van der Waals surface area contributed by atoms with Gasteiger partial charge in [0.05, 0.1) is 6.10 Å². The molecular weight excluding hydrogens is 678 g/mol. The molecule has 0 bridgehead atoms. The van der Waals surface area contributed by atoms with Crippen LogP contribution in [0, 0.1) is 5.92 Å². The van der Waals surface area contributed by atoms with Crippen LogP contribution < -0.4 is 27.2 Å². The predicted molar refractivity (Wildman–Crippen MR) is 174 cm³/mol. The molecule has 3 rings (SSSR count). The zero-order chi connectivity index (χ0) is 37.8. The average molecular weight is 722 g/mol. The molecule has 1 saturated heterocycles. The van der Waals surface area contributed by atoms with Gasteiger partial charge >= 0.3 is 29.7 Å². The van der Waals surface area contributed by atoms with Crippen molar-refractivity contribution in [2.24, 2.45) is 5.92 Å². The normalized spacial score (nSPS) is 20.8. The maximum atomic E-state index is 13.0. The summed E-state index contributed by atoms with van der Waals surface area (Å²) < 4.78 is 22.3. The third-order valence-corrected chi connectivity index (χ3v) is 7.71. The van der Waals surface area contributed by atoms with Gasteiger partial charge in [-0.1, -0.05) is 44.2 Å². The predicted octanol–water partition coefficient (Wildman–Crippen LogP) is -1.48. The van der Waals surface area contributed by atoms with Crippen molar-refractivity contribution in [3.63, 3.8) is 0 Å². The second kappa shape index (κ2) is 18.8. The highest BCUT2D eigenvalue weighted by Crippen LogP contribution is 2.35. The molecule has 0 aliphatic carbocycles. The summed E-state index contributed by atoms with van der Waals surface area (Å²) in [7, 11) is 0. The third-order valence-electron chi connectivity index (χ3n) is 7.71. The summed E-state index contributed by atoms with van der Waals surface area (Å²) in [5.74, 6) is -4.49. The van der Waals surface area contributed by atoms with Crippen LogP contribution in [0.5, 0.6) is 0 Å². The number of carboxylic acid groups (broad SMARTS) is 1. The summed E-state index contributed by atoms with van der Waals surface area (Å²) in [6.45, 7) is 5.12. The minimum atomic E-state index is -1.97. The number of hydrogen-bond donors (Lipinski definition) is 7. The van der Waals surface area contributed by atoms with E-state index in [1.807, 2.05) is 4.98 Å². The number of amides is 2. The van der Waals surface area contributed by atoms with Crippen molar-refractivity contribution in [3.05, 3.63) is 69.0 Å². The maximum Gasteiger partial charge on any atom is 0.408 e.